The first-order valence-corrected chi connectivity index (χ1v) is 10.1. The summed E-state index contributed by atoms with van der Waals surface area (Å²) in [5.41, 5.74) is 3.75. The molecular formula is C19H24N2O4S. The molecule has 0 aliphatic heterocycles. The molecule has 0 aromatic heterocycles. The molecule has 0 spiro atoms. The lowest BCUT2D eigenvalue weighted by Crippen LogP contribution is -2.28. The van der Waals surface area contributed by atoms with Gasteiger partial charge in [0.2, 0.25) is 10.0 Å². The molecule has 0 fully saturated rings. The predicted octanol–water partition coefficient (Wildman–Crippen LogP) is 2.79. The van der Waals surface area contributed by atoms with Crippen molar-refractivity contribution < 1.29 is 17.9 Å². The number of sulfonamides is 1. The van der Waals surface area contributed by atoms with E-state index in [9.17, 15) is 13.2 Å². The third-order valence-electron chi connectivity index (χ3n) is 4.00. The number of benzene rings is 2. The summed E-state index contributed by atoms with van der Waals surface area (Å²) in [4.78, 5) is 12.3. The normalized spacial score (nSPS) is 11.1. The van der Waals surface area contributed by atoms with Crippen LogP contribution in [0.4, 0.5) is 5.69 Å². The second-order valence-electron chi connectivity index (χ2n) is 6.21. The Balaban J connectivity index is 1.94. The number of aryl methyl sites for hydroxylation is 2. The summed E-state index contributed by atoms with van der Waals surface area (Å²) in [6, 6.07) is 10.7. The summed E-state index contributed by atoms with van der Waals surface area (Å²) in [7, 11) is -3.40. The van der Waals surface area contributed by atoms with E-state index in [1.165, 1.54) is 6.07 Å². The van der Waals surface area contributed by atoms with Crippen LogP contribution < -0.4 is 14.8 Å². The number of hydrogen-bond acceptors (Lipinski definition) is 4. The van der Waals surface area contributed by atoms with Gasteiger partial charge in [-0.2, -0.15) is 0 Å². The average Bonchev–Trinajstić information content (AvgIpc) is 2.55. The van der Waals surface area contributed by atoms with Gasteiger partial charge in [-0.1, -0.05) is 18.2 Å². The Labute approximate surface area is 154 Å². The molecule has 0 unspecified atom stereocenters. The molecule has 1 amide bonds. The molecule has 26 heavy (non-hydrogen) atoms. The van der Waals surface area contributed by atoms with Gasteiger partial charge in [-0.05, 0) is 55.7 Å². The van der Waals surface area contributed by atoms with Gasteiger partial charge in [0.15, 0.2) is 0 Å². The topological polar surface area (TPSA) is 84.5 Å². The molecule has 0 saturated carbocycles. The lowest BCUT2D eigenvalue weighted by atomic mass is 10.1. The van der Waals surface area contributed by atoms with E-state index >= 15 is 0 Å². The van der Waals surface area contributed by atoms with E-state index in [1.54, 1.807) is 19.1 Å². The van der Waals surface area contributed by atoms with Crippen molar-refractivity contribution in [2.75, 3.05) is 24.1 Å². The Morgan fingerprint density at radius 3 is 2.50 bits per heavy atom. The molecule has 0 aliphatic carbocycles. The third kappa shape index (κ3) is 5.49. The maximum atomic E-state index is 12.3. The number of anilines is 1. The van der Waals surface area contributed by atoms with Gasteiger partial charge in [0.1, 0.15) is 12.4 Å². The summed E-state index contributed by atoms with van der Waals surface area (Å²) >= 11 is 0. The molecule has 140 valence electrons. The van der Waals surface area contributed by atoms with Crippen LogP contribution in [0.2, 0.25) is 0 Å². The van der Waals surface area contributed by atoms with Crippen LogP contribution in [-0.2, 0) is 10.0 Å². The standard InChI is InChI=1S/C19H24N2O4S/c1-13-6-5-7-18(15(13)3)25-11-10-20-19(22)16-9-8-14(2)17(12-16)21-26(4,23)24/h5-9,12,21H,10-11H2,1-4H3,(H,20,22). The molecule has 0 atom stereocenters. The molecule has 2 aromatic carbocycles. The molecule has 0 radical (unpaired) electrons. The first-order valence-electron chi connectivity index (χ1n) is 8.23. The van der Waals surface area contributed by atoms with Gasteiger partial charge in [0.05, 0.1) is 18.5 Å². The molecule has 2 rings (SSSR count). The summed E-state index contributed by atoms with van der Waals surface area (Å²) in [5, 5.41) is 2.77. The quantitative estimate of drug-likeness (QED) is 0.728. The highest BCUT2D eigenvalue weighted by Gasteiger charge is 2.10. The average molecular weight is 376 g/mol. The zero-order valence-corrected chi connectivity index (χ0v) is 16.2. The Kier molecular flexibility index (Phi) is 6.26. The van der Waals surface area contributed by atoms with Crippen LogP contribution in [-0.4, -0.2) is 33.7 Å². The molecule has 0 saturated heterocycles. The van der Waals surface area contributed by atoms with E-state index in [2.05, 4.69) is 10.0 Å². The van der Waals surface area contributed by atoms with Crippen LogP contribution in [0.15, 0.2) is 36.4 Å². The number of hydrogen-bond donors (Lipinski definition) is 2. The summed E-state index contributed by atoms with van der Waals surface area (Å²) < 4.78 is 30.9. The summed E-state index contributed by atoms with van der Waals surface area (Å²) in [6.07, 6.45) is 1.07. The largest absolute Gasteiger partial charge is 0.491 e. The zero-order valence-electron chi connectivity index (χ0n) is 15.4. The van der Waals surface area contributed by atoms with Crippen molar-refractivity contribution in [2.24, 2.45) is 0 Å². The van der Waals surface area contributed by atoms with Crippen molar-refractivity contribution in [3.8, 4) is 5.75 Å². The SMILES string of the molecule is Cc1ccc(C(=O)NCCOc2cccc(C)c2C)cc1NS(C)(=O)=O. The lowest BCUT2D eigenvalue weighted by Gasteiger charge is -2.12. The number of carbonyl (C=O) groups is 1. The molecule has 0 heterocycles. The predicted molar refractivity (Wildman–Crippen MR) is 103 cm³/mol. The highest BCUT2D eigenvalue weighted by atomic mass is 32.2. The summed E-state index contributed by atoms with van der Waals surface area (Å²) in [5.74, 6) is 0.514. The van der Waals surface area contributed by atoms with Crippen molar-refractivity contribution in [3.63, 3.8) is 0 Å². The van der Waals surface area contributed by atoms with Gasteiger partial charge >= 0.3 is 0 Å². The fraction of sp³-hybridized carbons (Fsp3) is 0.316. The highest BCUT2D eigenvalue weighted by Crippen LogP contribution is 2.20. The maximum Gasteiger partial charge on any atom is 0.251 e. The first-order chi connectivity index (χ1) is 12.2. The number of rotatable bonds is 7. The van der Waals surface area contributed by atoms with Crippen molar-refractivity contribution >= 4 is 21.6 Å². The zero-order chi connectivity index (χ0) is 19.3. The fourth-order valence-electron chi connectivity index (χ4n) is 2.38. The smallest absolute Gasteiger partial charge is 0.251 e. The number of amides is 1. The maximum absolute atomic E-state index is 12.3. The van der Waals surface area contributed by atoms with Crippen molar-refractivity contribution in [2.45, 2.75) is 20.8 Å². The molecular weight excluding hydrogens is 352 g/mol. The molecule has 0 bridgehead atoms. The lowest BCUT2D eigenvalue weighted by molar-refractivity contribution is 0.0947. The Morgan fingerprint density at radius 1 is 1.08 bits per heavy atom. The van der Waals surface area contributed by atoms with E-state index in [-0.39, 0.29) is 5.91 Å². The van der Waals surface area contributed by atoms with Crippen molar-refractivity contribution in [1.82, 2.24) is 5.32 Å². The van der Waals surface area contributed by atoms with E-state index in [4.69, 9.17) is 4.74 Å². The Bertz CT molecular complexity index is 908. The van der Waals surface area contributed by atoms with E-state index in [0.717, 1.165) is 28.7 Å². The van der Waals surface area contributed by atoms with Crippen molar-refractivity contribution in [1.29, 1.82) is 0 Å². The van der Waals surface area contributed by atoms with Gasteiger partial charge in [-0.25, -0.2) is 8.42 Å². The molecule has 2 N–H and O–H groups in total. The van der Waals surface area contributed by atoms with Crippen LogP contribution in [0.3, 0.4) is 0 Å². The van der Waals surface area contributed by atoms with E-state index < -0.39 is 10.0 Å². The minimum Gasteiger partial charge on any atom is -0.491 e. The Morgan fingerprint density at radius 2 is 1.81 bits per heavy atom. The van der Waals surface area contributed by atoms with Gasteiger partial charge in [0, 0.05) is 5.56 Å². The molecule has 0 aliphatic rings. The Hall–Kier alpha value is -2.54. The first kappa shape index (κ1) is 19.8. The van der Waals surface area contributed by atoms with E-state index in [1.807, 2.05) is 32.0 Å². The van der Waals surface area contributed by atoms with Gasteiger partial charge in [-0.15, -0.1) is 0 Å². The highest BCUT2D eigenvalue weighted by molar-refractivity contribution is 7.92. The second kappa shape index (κ2) is 8.23. The van der Waals surface area contributed by atoms with Crippen LogP contribution >= 0.6 is 0 Å². The van der Waals surface area contributed by atoms with Crippen molar-refractivity contribution in [3.05, 3.63) is 58.7 Å². The third-order valence-corrected chi connectivity index (χ3v) is 4.59. The minimum atomic E-state index is -3.40. The van der Waals surface area contributed by atoms with Gasteiger partial charge in [0.25, 0.3) is 5.91 Å². The molecule has 7 heteroatoms. The van der Waals surface area contributed by atoms with E-state index in [0.29, 0.717) is 24.4 Å². The summed E-state index contributed by atoms with van der Waals surface area (Å²) in [6.45, 7) is 6.47. The van der Waals surface area contributed by atoms with Gasteiger partial charge in [-0.3, -0.25) is 9.52 Å². The minimum absolute atomic E-state index is 0.286. The number of carbonyl (C=O) groups excluding carboxylic acids is 1. The van der Waals surface area contributed by atoms with Crippen LogP contribution in [0.25, 0.3) is 0 Å². The number of nitrogens with one attached hydrogen (secondary N) is 2. The van der Waals surface area contributed by atoms with Crippen LogP contribution in [0, 0.1) is 20.8 Å². The molecule has 6 nitrogen and oxygen atoms in total. The fourth-order valence-corrected chi connectivity index (χ4v) is 3.00. The van der Waals surface area contributed by atoms with Crippen LogP contribution in [0.1, 0.15) is 27.0 Å². The van der Waals surface area contributed by atoms with Crippen LogP contribution in [0.5, 0.6) is 5.75 Å². The number of ether oxygens (including phenoxy) is 1. The second-order valence-corrected chi connectivity index (χ2v) is 7.95. The van der Waals surface area contributed by atoms with Gasteiger partial charge < -0.3 is 10.1 Å². The monoisotopic (exact) mass is 376 g/mol. The molecule has 2 aromatic rings.